The van der Waals surface area contributed by atoms with Crippen molar-refractivity contribution >= 4 is 29.4 Å². The fourth-order valence-corrected chi connectivity index (χ4v) is 5.39. The Morgan fingerprint density at radius 3 is 2.30 bits per heavy atom. The molecule has 1 aromatic heterocycles. The summed E-state index contributed by atoms with van der Waals surface area (Å²) in [6, 6.07) is 0. The van der Waals surface area contributed by atoms with Gasteiger partial charge in [-0.3, -0.25) is 23.2 Å². The van der Waals surface area contributed by atoms with E-state index >= 15 is 0 Å². The fraction of sp³-hybridized carbons (Fsp3) is 0.500. The third-order valence-electron chi connectivity index (χ3n) is 3.56. The van der Waals surface area contributed by atoms with Gasteiger partial charge in [0.1, 0.15) is 18.3 Å². The van der Waals surface area contributed by atoms with Crippen LogP contribution in [0.3, 0.4) is 0 Å². The van der Waals surface area contributed by atoms with Crippen LogP contribution >= 0.6 is 23.5 Å². The normalized spacial score (nSPS) is 28.2. The molecule has 7 N–H and O–H groups in total. The average Bonchev–Trinajstić information content (AvgIpc) is 2.86. The van der Waals surface area contributed by atoms with Gasteiger partial charge in [-0.15, -0.1) is 0 Å². The number of primary amides is 1. The van der Waals surface area contributed by atoms with Crippen molar-refractivity contribution in [1.82, 2.24) is 9.55 Å². The molecule has 1 aliphatic rings. The number of aliphatic hydroxyl groups is 2. The molecule has 2 heterocycles. The number of amides is 1. The summed E-state index contributed by atoms with van der Waals surface area (Å²) in [5.74, 6) is -2.81. The number of carbonyl (C=O) groups excluding carboxylic acids is 1. The van der Waals surface area contributed by atoms with E-state index in [-0.39, 0.29) is 29.6 Å². The monoisotopic (exact) mass is 551 g/mol. The molecule has 0 aromatic carbocycles. The number of halogens is 1. The Labute approximate surface area is 203 Å². The molecule has 1 saturated heterocycles. The molecule has 2 rings (SSSR count). The van der Waals surface area contributed by atoms with Crippen LogP contribution in [0.2, 0.25) is 0 Å². The standard InChI is InChI=1S/C10H15FN3O15P3.Na/c11-4-1-14(9(18)5(13-4)8(12)17)10-7(16)6(15)3(27-10)2-26-31(22,23)29-32(24,25)28-30(19,20)21;/h1,3,6-7,10,15-16H,2H2,(H2,12,17)(H,22,23)(H,24,25)(H2,19,20,21);/q;+1/p-1/t3-,6-,7-,10-;/m1./s1. The number of hydrogen-bond acceptors (Lipinski definition) is 13. The number of hydrogen-bond donors (Lipinski definition) is 6. The van der Waals surface area contributed by atoms with E-state index in [1.54, 1.807) is 0 Å². The molecule has 182 valence electrons. The summed E-state index contributed by atoms with van der Waals surface area (Å²) in [6.45, 7) is -1.19. The van der Waals surface area contributed by atoms with Gasteiger partial charge in [-0.1, -0.05) is 0 Å². The van der Waals surface area contributed by atoms with E-state index in [0.29, 0.717) is 10.8 Å². The number of nitrogens with zero attached hydrogens (tertiary/aromatic N) is 2. The van der Waals surface area contributed by atoms with Crippen LogP contribution in [-0.4, -0.2) is 65.3 Å². The van der Waals surface area contributed by atoms with Crippen molar-refractivity contribution in [2.45, 2.75) is 24.5 Å². The largest absolute Gasteiger partial charge is 1.00 e. The van der Waals surface area contributed by atoms with Crippen LogP contribution in [0.1, 0.15) is 16.7 Å². The topological polar surface area (TPSA) is 290 Å². The number of ether oxygens (including phenoxy) is 1. The van der Waals surface area contributed by atoms with Crippen molar-refractivity contribution in [3.8, 4) is 0 Å². The predicted octanol–water partition coefficient (Wildman–Crippen LogP) is -6.18. The molecule has 23 heteroatoms. The molecular formula is C10H14FN3NaO15P3. The van der Waals surface area contributed by atoms with E-state index in [2.05, 4.69) is 18.1 Å². The van der Waals surface area contributed by atoms with Gasteiger partial charge in [-0.05, 0) is 0 Å². The molecule has 1 amide bonds. The van der Waals surface area contributed by atoms with E-state index < -0.39 is 77.7 Å². The predicted molar refractivity (Wildman–Crippen MR) is 90.5 cm³/mol. The molecule has 1 aromatic rings. The second-order valence-electron chi connectivity index (χ2n) is 5.90. The van der Waals surface area contributed by atoms with Gasteiger partial charge in [0, 0.05) is 0 Å². The first kappa shape index (κ1) is 30.6. The van der Waals surface area contributed by atoms with Crippen molar-refractivity contribution in [3.05, 3.63) is 28.2 Å². The van der Waals surface area contributed by atoms with Crippen molar-refractivity contribution in [1.29, 1.82) is 0 Å². The van der Waals surface area contributed by atoms with Crippen molar-refractivity contribution in [3.63, 3.8) is 0 Å². The summed E-state index contributed by atoms with van der Waals surface area (Å²) in [6.07, 6.45) is -7.23. The first-order chi connectivity index (χ1) is 14.4. The Hall–Kier alpha value is -0.430. The zero-order valence-corrected chi connectivity index (χ0v) is 20.8. The molecule has 7 atom stereocenters. The Kier molecular flexibility index (Phi) is 10.3. The Balaban J connectivity index is 0.00000544. The average molecular weight is 551 g/mol. The second-order valence-corrected chi connectivity index (χ2v) is 10.3. The van der Waals surface area contributed by atoms with E-state index in [1.165, 1.54) is 0 Å². The summed E-state index contributed by atoms with van der Waals surface area (Å²) in [5, 5.41) is 20.0. The number of carbonyl (C=O) groups is 1. The smallest absolute Gasteiger partial charge is 0.756 e. The van der Waals surface area contributed by atoms with Gasteiger partial charge in [0.25, 0.3) is 19.3 Å². The minimum absolute atomic E-state index is 0. The third kappa shape index (κ3) is 8.33. The molecule has 0 radical (unpaired) electrons. The van der Waals surface area contributed by atoms with Gasteiger partial charge < -0.3 is 40.3 Å². The molecule has 33 heavy (non-hydrogen) atoms. The van der Waals surface area contributed by atoms with Gasteiger partial charge in [-0.25, -0.2) is 18.4 Å². The van der Waals surface area contributed by atoms with Crippen LogP contribution in [0.15, 0.2) is 11.0 Å². The van der Waals surface area contributed by atoms with E-state index in [0.717, 1.165) is 0 Å². The molecule has 0 spiro atoms. The van der Waals surface area contributed by atoms with Gasteiger partial charge >= 0.3 is 45.2 Å². The molecule has 0 aliphatic carbocycles. The summed E-state index contributed by atoms with van der Waals surface area (Å²) in [5.41, 5.74) is 2.50. The zero-order chi connectivity index (χ0) is 24.6. The van der Waals surface area contributed by atoms with Crippen LogP contribution in [-0.2, 0) is 31.6 Å². The summed E-state index contributed by atoms with van der Waals surface area (Å²) >= 11 is 0. The van der Waals surface area contributed by atoms with Crippen molar-refractivity contribution in [2.24, 2.45) is 5.73 Å². The number of phosphoric acid groups is 3. The molecule has 0 bridgehead atoms. The summed E-state index contributed by atoms with van der Waals surface area (Å²) < 4.78 is 63.4. The van der Waals surface area contributed by atoms with Crippen molar-refractivity contribution in [2.75, 3.05) is 6.61 Å². The third-order valence-corrected chi connectivity index (χ3v) is 7.34. The maximum atomic E-state index is 13.6. The van der Waals surface area contributed by atoms with E-state index in [4.69, 9.17) is 20.3 Å². The molecule has 1 aliphatic heterocycles. The number of rotatable bonds is 9. The summed E-state index contributed by atoms with van der Waals surface area (Å²) in [4.78, 5) is 63.5. The zero-order valence-electron chi connectivity index (χ0n) is 16.1. The van der Waals surface area contributed by atoms with Gasteiger partial charge in [-0.2, -0.15) is 8.70 Å². The molecule has 1 fully saturated rings. The second kappa shape index (κ2) is 11.1. The summed E-state index contributed by atoms with van der Waals surface area (Å²) in [7, 11) is -17.3. The molecule has 18 nitrogen and oxygen atoms in total. The minimum Gasteiger partial charge on any atom is -0.756 e. The SMILES string of the molecule is NC(=O)c1nc(F)cn([C@@H]2O[C@H](COP(=O)(O)OP(=O)(O)OP(=O)([O-])O)[C@@H](O)[C@H]2O)c1=O.[Na+]. The van der Waals surface area contributed by atoms with E-state index in [1.807, 2.05) is 0 Å². The quantitative estimate of drug-likeness (QED) is 0.123. The first-order valence-corrected chi connectivity index (χ1v) is 12.3. The first-order valence-electron chi connectivity index (χ1n) is 7.79. The van der Waals surface area contributed by atoms with E-state index in [9.17, 15) is 47.7 Å². The molecular weight excluding hydrogens is 537 g/mol. The van der Waals surface area contributed by atoms with Gasteiger partial charge in [0.2, 0.25) is 5.95 Å². The van der Waals surface area contributed by atoms with Crippen molar-refractivity contribution < 1.29 is 100 Å². The number of aliphatic hydroxyl groups excluding tert-OH is 2. The minimum atomic E-state index is -5.87. The number of aromatic nitrogens is 2. The van der Waals surface area contributed by atoms with Crippen LogP contribution in [0.5, 0.6) is 0 Å². The molecule has 3 unspecified atom stereocenters. The molecule has 0 saturated carbocycles. The van der Waals surface area contributed by atoms with Gasteiger partial charge in [0.05, 0.1) is 12.8 Å². The number of nitrogens with two attached hydrogens (primary N) is 1. The van der Waals surface area contributed by atoms with Crippen LogP contribution in [0.25, 0.3) is 0 Å². The fourth-order valence-electron chi connectivity index (χ4n) is 2.39. The number of phosphoric ester groups is 1. The maximum absolute atomic E-state index is 13.6. The Bertz CT molecular complexity index is 1100. The Morgan fingerprint density at radius 2 is 1.79 bits per heavy atom. The Morgan fingerprint density at radius 1 is 1.21 bits per heavy atom. The van der Waals surface area contributed by atoms with Crippen LogP contribution < -0.4 is 45.7 Å². The van der Waals surface area contributed by atoms with Crippen LogP contribution in [0.4, 0.5) is 4.39 Å². The van der Waals surface area contributed by atoms with Crippen LogP contribution in [0, 0.1) is 5.95 Å². The maximum Gasteiger partial charge on any atom is 1.00 e. The van der Waals surface area contributed by atoms with Gasteiger partial charge in [0.15, 0.2) is 11.9 Å².